The first-order valence-corrected chi connectivity index (χ1v) is 9.24. The largest absolute Gasteiger partial charge is 0.366 e. The van der Waals surface area contributed by atoms with Crippen LogP contribution in [-0.4, -0.2) is 45.3 Å². The van der Waals surface area contributed by atoms with Crippen molar-refractivity contribution in [3.8, 4) is 11.4 Å². The van der Waals surface area contributed by atoms with E-state index in [9.17, 15) is 14.4 Å². The quantitative estimate of drug-likeness (QED) is 0.575. The van der Waals surface area contributed by atoms with Gasteiger partial charge in [-0.3, -0.25) is 19.8 Å². The van der Waals surface area contributed by atoms with E-state index in [1.165, 1.54) is 0 Å². The molecule has 1 saturated heterocycles. The van der Waals surface area contributed by atoms with Gasteiger partial charge in [-0.15, -0.1) is 0 Å². The van der Waals surface area contributed by atoms with Crippen LogP contribution < -0.4 is 22.1 Å². The molecule has 3 heterocycles. The summed E-state index contributed by atoms with van der Waals surface area (Å²) in [4.78, 5) is 45.6. The van der Waals surface area contributed by atoms with Crippen LogP contribution >= 0.6 is 0 Å². The second kappa shape index (κ2) is 7.17. The van der Waals surface area contributed by atoms with Gasteiger partial charge in [-0.25, -0.2) is 10.4 Å². The van der Waals surface area contributed by atoms with Gasteiger partial charge < -0.3 is 15.6 Å². The first kappa shape index (κ1) is 18.3. The summed E-state index contributed by atoms with van der Waals surface area (Å²) >= 11 is 0. The molecule has 9 heteroatoms. The van der Waals surface area contributed by atoms with Crippen LogP contribution in [0.25, 0.3) is 11.4 Å². The monoisotopic (exact) mass is 382 g/mol. The Bertz CT molecular complexity index is 984. The fourth-order valence-electron chi connectivity index (χ4n) is 3.65. The van der Waals surface area contributed by atoms with Gasteiger partial charge in [0.2, 0.25) is 11.8 Å². The van der Waals surface area contributed by atoms with Gasteiger partial charge in [0.25, 0.3) is 5.56 Å². The van der Waals surface area contributed by atoms with Crippen molar-refractivity contribution in [3.05, 3.63) is 51.4 Å². The molecule has 2 unspecified atom stereocenters. The van der Waals surface area contributed by atoms with Crippen molar-refractivity contribution in [2.75, 3.05) is 6.54 Å². The number of primary amides is 1. The zero-order valence-corrected chi connectivity index (χ0v) is 15.5. The van der Waals surface area contributed by atoms with Crippen LogP contribution in [0, 0.1) is 0 Å². The Balaban J connectivity index is 1.59. The molecule has 0 radical (unpaired) electrons. The van der Waals surface area contributed by atoms with Gasteiger partial charge in [0, 0.05) is 29.3 Å². The number of rotatable bonds is 3. The Morgan fingerprint density at radius 1 is 1.21 bits per heavy atom. The van der Waals surface area contributed by atoms with Gasteiger partial charge >= 0.3 is 0 Å². The second-order valence-corrected chi connectivity index (χ2v) is 7.27. The summed E-state index contributed by atoms with van der Waals surface area (Å²) in [5, 5.41) is 0. The van der Waals surface area contributed by atoms with Gasteiger partial charge in [0.05, 0.1) is 12.2 Å². The number of benzene rings is 1. The van der Waals surface area contributed by atoms with Crippen LogP contribution in [0.3, 0.4) is 0 Å². The number of aromatic nitrogens is 2. The number of aromatic amines is 1. The van der Waals surface area contributed by atoms with Crippen LogP contribution in [0.4, 0.5) is 0 Å². The molecule has 2 atom stereocenters. The summed E-state index contributed by atoms with van der Waals surface area (Å²) in [6.45, 7) is 2.81. The molecule has 2 aliphatic rings. The van der Waals surface area contributed by atoms with Crippen molar-refractivity contribution >= 4 is 11.8 Å². The fraction of sp³-hybridized carbons (Fsp3) is 0.368. The number of amides is 2. The summed E-state index contributed by atoms with van der Waals surface area (Å²) in [6.07, 6.45) is 1.20. The Kier molecular flexibility index (Phi) is 4.70. The van der Waals surface area contributed by atoms with Crippen molar-refractivity contribution in [3.63, 3.8) is 0 Å². The molecule has 146 valence electrons. The smallest absolute Gasteiger partial charge is 0.254 e. The normalized spacial score (nSPS) is 21.4. The molecule has 0 bridgehead atoms. The van der Waals surface area contributed by atoms with Crippen molar-refractivity contribution in [1.82, 2.24) is 25.7 Å². The third-order valence-corrected chi connectivity index (χ3v) is 5.22. The average molecular weight is 382 g/mol. The number of hydrogen-bond acceptors (Lipinski definition) is 6. The number of hydrazine groups is 1. The van der Waals surface area contributed by atoms with Gasteiger partial charge in [0.15, 0.2) is 0 Å². The highest BCUT2D eigenvalue weighted by atomic mass is 16.2. The Morgan fingerprint density at radius 2 is 1.96 bits per heavy atom. The lowest BCUT2D eigenvalue weighted by atomic mass is 10.0. The molecular weight excluding hydrogens is 360 g/mol. The van der Waals surface area contributed by atoms with Crippen LogP contribution in [0.15, 0.2) is 29.1 Å². The lowest BCUT2D eigenvalue weighted by Crippen LogP contribution is -2.48. The van der Waals surface area contributed by atoms with E-state index < -0.39 is 5.91 Å². The van der Waals surface area contributed by atoms with E-state index in [1.54, 1.807) is 29.2 Å². The molecule has 2 aliphatic heterocycles. The first-order chi connectivity index (χ1) is 13.4. The van der Waals surface area contributed by atoms with Crippen LogP contribution in [-0.2, 0) is 17.8 Å². The summed E-state index contributed by atoms with van der Waals surface area (Å²) in [5.74, 6) is -0.0998. The third-order valence-electron chi connectivity index (χ3n) is 5.22. The number of fused-ring (bicyclic) bond motifs is 1. The SMILES string of the molecule is CC1CC(C(=O)N2CCc3c(nc(-c4ccc(C(N)=O)cc4)[nH]c3=O)C2)NN1. The van der Waals surface area contributed by atoms with E-state index in [0.717, 1.165) is 6.42 Å². The molecular formula is C19H22N6O3. The fourth-order valence-corrected chi connectivity index (χ4v) is 3.65. The zero-order chi connectivity index (χ0) is 19.8. The molecule has 0 spiro atoms. The molecule has 1 aromatic carbocycles. The summed E-state index contributed by atoms with van der Waals surface area (Å²) in [7, 11) is 0. The van der Waals surface area contributed by atoms with E-state index in [2.05, 4.69) is 20.8 Å². The minimum atomic E-state index is -0.517. The lowest BCUT2D eigenvalue weighted by molar-refractivity contribution is -0.134. The molecule has 0 aliphatic carbocycles. The predicted octanol–water partition coefficient (Wildman–Crippen LogP) is -0.324. The van der Waals surface area contributed by atoms with Crippen molar-refractivity contribution in [2.45, 2.75) is 38.4 Å². The molecule has 9 nitrogen and oxygen atoms in total. The van der Waals surface area contributed by atoms with E-state index >= 15 is 0 Å². The standard InChI is InChI=1S/C19H22N6O3/c1-10-8-14(24-23-10)19(28)25-7-6-13-15(9-25)21-17(22-18(13)27)12-4-2-11(3-5-12)16(20)26/h2-5,10,14,23-24H,6-9H2,1H3,(H2,20,26)(H,21,22,27). The number of H-pyrrole nitrogens is 1. The summed E-state index contributed by atoms with van der Waals surface area (Å²) in [6, 6.07) is 6.53. The number of carbonyl (C=O) groups is 2. The average Bonchev–Trinajstić information content (AvgIpc) is 3.13. The number of carbonyl (C=O) groups excluding carboxylic acids is 2. The van der Waals surface area contributed by atoms with Crippen molar-refractivity contribution < 1.29 is 9.59 Å². The summed E-state index contributed by atoms with van der Waals surface area (Å²) < 4.78 is 0. The number of nitrogens with two attached hydrogens (primary N) is 1. The maximum Gasteiger partial charge on any atom is 0.254 e. The highest BCUT2D eigenvalue weighted by Gasteiger charge is 2.33. The molecule has 0 saturated carbocycles. The predicted molar refractivity (Wildman–Crippen MR) is 102 cm³/mol. The van der Waals surface area contributed by atoms with Gasteiger partial charge in [-0.2, -0.15) is 0 Å². The van der Waals surface area contributed by atoms with E-state index in [-0.39, 0.29) is 23.6 Å². The Morgan fingerprint density at radius 3 is 2.61 bits per heavy atom. The Labute approximate surface area is 161 Å². The third kappa shape index (κ3) is 3.41. The van der Waals surface area contributed by atoms with Crippen molar-refractivity contribution in [2.24, 2.45) is 5.73 Å². The van der Waals surface area contributed by atoms with E-state index in [0.29, 0.717) is 47.7 Å². The maximum absolute atomic E-state index is 12.8. The molecule has 5 N–H and O–H groups in total. The number of nitrogens with zero attached hydrogens (tertiary/aromatic N) is 2. The van der Waals surface area contributed by atoms with Crippen LogP contribution in [0.5, 0.6) is 0 Å². The highest BCUT2D eigenvalue weighted by molar-refractivity contribution is 5.93. The number of nitrogens with one attached hydrogen (secondary N) is 3. The zero-order valence-electron chi connectivity index (χ0n) is 15.5. The van der Waals surface area contributed by atoms with E-state index in [4.69, 9.17) is 5.73 Å². The van der Waals surface area contributed by atoms with Gasteiger partial charge in [-0.05, 0) is 31.9 Å². The second-order valence-electron chi connectivity index (χ2n) is 7.27. The molecule has 2 amide bonds. The molecule has 1 aromatic heterocycles. The maximum atomic E-state index is 12.8. The summed E-state index contributed by atoms with van der Waals surface area (Å²) in [5.41, 5.74) is 13.4. The topological polar surface area (TPSA) is 133 Å². The highest BCUT2D eigenvalue weighted by Crippen LogP contribution is 2.20. The van der Waals surface area contributed by atoms with Crippen molar-refractivity contribution in [1.29, 1.82) is 0 Å². The van der Waals surface area contributed by atoms with Gasteiger partial charge in [-0.1, -0.05) is 12.1 Å². The number of hydrogen-bond donors (Lipinski definition) is 4. The molecule has 4 rings (SSSR count). The molecule has 28 heavy (non-hydrogen) atoms. The van der Waals surface area contributed by atoms with E-state index in [1.807, 2.05) is 6.92 Å². The van der Waals surface area contributed by atoms with Crippen LogP contribution in [0.1, 0.15) is 35.0 Å². The minimum Gasteiger partial charge on any atom is -0.366 e. The molecule has 2 aromatic rings. The molecule has 1 fully saturated rings. The first-order valence-electron chi connectivity index (χ1n) is 9.24. The lowest BCUT2D eigenvalue weighted by Gasteiger charge is -2.29. The Hall–Kier alpha value is -3.04. The van der Waals surface area contributed by atoms with Crippen LogP contribution in [0.2, 0.25) is 0 Å². The van der Waals surface area contributed by atoms with Gasteiger partial charge in [0.1, 0.15) is 11.9 Å². The minimum absolute atomic E-state index is 0.0111.